The van der Waals surface area contributed by atoms with Crippen LogP contribution in [0.1, 0.15) is 16.6 Å². The Labute approximate surface area is 132 Å². The molecule has 0 saturated heterocycles. The van der Waals surface area contributed by atoms with Crippen molar-refractivity contribution in [3.05, 3.63) is 35.3 Å². The molecular formula is C16H17N3O2S. The van der Waals surface area contributed by atoms with Crippen molar-refractivity contribution in [2.24, 2.45) is 5.73 Å². The zero-order valence-corrected chi connectivity index (χ0v) is 13.2. The first kappa shape index (κ1) is 14.7. The molecular weight excluding hydrogens is 298 g/mol. The lowest BCUT2D eigenvalue weighted by Crippen LogP contribution is -2.25. The second-order valence-electron chi connectivity index (χ2n) is 5.16. The van der Waals surface area contributed by atoms with Crippen LogP contribution in [-0.4, -0.2) is 30.6 Å². The fraction of sp³-hybridized carbons (Fsp3) is 0.250. The van der Waals surface area contributed by atoms with Crippen LogP contribution >= 0.6 is 11.3 Å². The molecule has 0 aliphatic heterocycles. The molecule has 0 bridgehead atoms. The number of ether oxygens (including phenoxy) is 1. The molecule has 0 aliphatic carbocycles. The number of rotatable bonds is 4. The Morgan fingerprint density at radius 3 is 3.00 bits per heavy atom. The zero-order chi connectivity index (χ0) is 15.7. The van der Waals surface area contributed by atoms with E-state index in [4.69, 9.17) is 10.5 Å². The van der Waals surface area contributed by atoms with Crippen LogP contribution in [0.25, 0.3) is 21.0 Å². The topological polar surface area (TPSA) is 77.2 Å². The van der Waals surface area contributed by atoms with E-state index in [0.717, 1.165) is 26.7 Å². The average molecular weight is 315 g/mol. The minimum absolute atomic E-state index is 0.0199. The highest BCUT2D eigenvalue weighted by atomic mass is 32.1. The summed E-state index contributed by atoms with van der Waals surface area (Å²) in [5, 5.41) is 5.31. The van der Waals surface area contributed by atoms with Gasteiger partial charge in [0.05, 0.1) is 18.3 Å². The van der Waals surface area contributed by atoms with Crippen LogP contribution in [-0.2, 0) is 4.74 Å². The van der Waals surface area contributed by atoms with Crippen molar-refractivity contribution in [2.75, 3.05) is 19.0 Å². The van der Waals surface area contributed by atoms with Gasteiger partial charge in [-0.2, -0.15) is 0 Å². The number of pyridine rings is 1. The first-order valence-corrected chi connectivity index (χ1v) is 7.81. The summed E-state index contributed by atoms with van der Waals surface area (Å²) in [6.07, 6.45) is 1.76. The van der Waals surface area contributed by atoms with Crippen LogP contribution in [0.3, 0.4) is 0 Å². The van der Waals surface area contributed by atoms with Crippen LogP contribution in [0.4, 0.5) is 5.69 Å². The van der Waals surface area contributed by atoms with Gasteiger partial charge in [-0.25, -0.2) is 4.79 Å². The number of hydrogen-bond acceptors (Lipinski definition) is 6. The van der Waals surface area contributed by atoms with Gasteiger partial charge >= 0.3 is 5.97 Å². The smallest absolute Gasteiger partial charge is 0.350 e. The molecule has 0 unspecified atom stereocenters. The van der Waals surface area contributed by atoms with Crippen LogP contribution < -0.4 is 11.1 Å². The molecule has 3 rings (SSSR count). The van der Waals surface area contributed by atoms with Crippen molar-refractivity contribution in [1.29, 1.82) is 0 Å². The number of carbonyl (C=O) groups excluding carboxylic acids is 1. The molecule has 3 aromatic rings. The summed E-state index contributed by atoms with van der Waals surface area (Å²) in [4.78, 5) is 17.0. The third-order valence-electron chi connectivity index (χ3n) is 3.41. The van der Waals surface area contributed by atoms with E-state index in [2.05, 4.69) is 10.3 Å². The highest BCUT2D eigenvalue weighted by Gasteiger charge is 2.20. The lowest BCUT2D eigenvalue weighted by molar-refractivity contribution is 0.0607. The summed E-state index contributed by atoms with van der Waals surface area (Å²) in [5.74, 6) is -0.342. The van der Waals surface area contributed by atoms with Gasteiger partial charge in [0, 0.05) is 34.3 Å². The number of anilines is 1. The number of benzene rings is 1. The Hall–Kier alpha value is -2.18. The minimum Gasteiger partial charge on any atom is -0.465 e. The van der Waals surface area contributed by atoms with E-state index >= 15 is 0 Å². The summed E-state index contributed by atoms with van der Waals surface area (Å²) in [6.45, 7) is 2.49. The fourth-order valence-electron chi connectivity index (χ4n) is 2.42. The number of nitrogens with one attached hydrogen (secondary N) is 1. The highest BCUT2D eigenvalue weighted by Crippen LogP contribution is 2.40. The first-order chi connectivity index (χ1) is 10.6. The highest BCUT2D eigenvalue weighted by molar-refractivity contribution is 7.21. The molecule has 5 nitrogen and oxygen atoms in total. The van der Waals surface area contributed by atoms with E-state index in [1.165, 1.54) is 18.4 Å². The van der Waals surface area contributed by atoms with Crippen molar-refractivity contribution >= 4 is 44.0 Å². The maximum absolute atomic E-state index is 12.1. The van der Waals surface area contributed by atoms with Crippen LogP contribution in [0.2, 0.25) is 0 Å². The molecule has 0 fully saturated rings. The minimum atomic E-state index is -0.342. The van der Waals surface area contributed by atoms with E-state index in [1.807, 2.05) is 31.2 Å². The van der Waals surface area contributed by atoms with Gasteiger partial charge in [-0.15, -0.1) is 11.3 Å². The van der Waals surface area contributed by atoms with Crippen molar-refractivity contribution < 1.29 is 9.53 Å². The summed E-state index contributed by atoms with van der Waals surface area (Å²) in [6, 6.07) is 7.83. The Balaban J connectivity index is 2.28. The van der Waals surface area contributed by atoms with Gasteiger partial charge in [0.15, 0.2) is 0 Å². The van der Waals surface area contributed by atoms with Crippen molar-refractivity contribution in [3.63, 3.8) is 0 Å². The Bertz CT molecular complexity index is 842. The van der Waals surface area contributed by atoms with Gasteiger partial charge in [0.2, 0.25) is 0 Å². The van der Waals surface area contributed by atoms with Crippen molar-refractivity contribution in [2.45, 2.75) is 13.0 Å². The molecule has 0 amide bonds. The molecule has 1 aromatic carbocycles. The summed E-state index contributed by atoms with van der Waals surface area (Å²) in [7, 11) is 1.39. The van der Waals surface area contributed by atoms with Gasteiger partial charge in [-0.1, -0.05) is 6.07 Å². The Morgan fingerprint density at radius 2 is 2.27 bits per heavy atom. The predicted molar refractivity (Wildman–Crippen MR) is 90.6 cm³/mol. The first-order valence-electron chi connectivity index (χ1n) is 7.00. The predicted octanol–water partition coefficient (Wildman–Crippen LogP) is 3.00. The molecule has 2 aromatic heterocycles. The summed E-state index contributed by atoms with van der Waals surface area (Å²) in [5.41, 5.74) is 7.51. The number of methoxy groups -OCH3 is 1. The third-order valence-corrected chi connectivity index (χ3v) is 4.54. The average Bonchev–Trinajstić information content (AvgIpc) is 2.91. The molecule has 1 atom stereocenters. The standard InChI is InChI=1S/C16H17N3O2S/c1-9(17)8-19-14-13-10-4-3-7-18-11(10)5-6-12(13)22-15(14)16(20)21-2/h3-7,9,19H,8,17H2,1-2H3/t9-/m0/s1. The molecule has 0 radical (unpaired) electrons. The molecule has 3 N–H and O–H groups in total. The molecule has 114 valence electrons. The molecule has 0 spiro atoms. The van der Waals surface area contributed by atoms with Crippen LogP contribution in [0, 0.1) is 0 Å². The number of carbonyl (C=O) groups is 1. The lowest BCUT2D eigenvalue weighted by Gasteiger charge is -2.11. The van der Waals surface area contributed by atoms with Gasteiger partial charge in [0.25, 0.3) is 0 Å². The SMILES string of the molecule is COC(=O)c1sc2ccc3ncccc3c2c1NC[C@H](C)N. The summed E-state index contributed by atoms with van der Waals surface area (Å²) < 4.78 is 5.93. The van der Waals surface area contributed by atoms with Gasteiger partial charge in [0.1, 0.15) is 4.88 Å². The van der Waals surface area contributed by atoms with Crippen LogP contribution in [0.5, 0.6) is 0 Å². The molecule has 6 heteroatoms. The number of esters is 1. The van der Waals surface area contributed by atoms with Gasteiger partial charge in [-0.3, -0.25) is 4.98 Å². The van der Waals surface area contributed by atoms with Crippen LogP contribution in [0.15, 0.2) is 30.5 Å². The number of nitrogens with two attached hydrogens (primary N) is 1. The summed E-state index contributed by atoms with van der Waals surface area (Å²) >= 11 is 1.42. The van der Waals surface area contributed by atoms with Gasteiger partial charge in [-0.05, 0) is 25.1 Å². The Morgan fingerprint density at radius 1 is 1.45 bits per heavy atom. The van der Waals surface area contributed by atoms with E-state index in [1.54, 1.807) is 6.20 Å². The van der Waals surface area contributed by atoms with Crippen molar-refractivity contribution in [1.82, 2.24) is 4.98 Å². The van der Waals surface area contributed by atoms with E-state index < -0.39 is 0 Å². The number of fused-ring (bicyclic) bond motifs is 3. The van der Waals surface area contributed by atoms with E-state index in [9.17, 15) is 4.79 Å². The maximum Gasteiger partial charge on any atom is 0.350 e. The third kappa shape index (κ3) is 2.51. The normalized spacial score (nSPS) is 12.5. The molecule has 0 aliphatic rings. The van der Waals surface area contributed by atoms with E-state index in [-0.39, 0.29) is 12.0 Å². The Kier molecular flexibility index (Phi) is 3.96. The fourth-order valence-corrected chi connectivity index (χ4v) is 3.53. The zero-order valence-electron chi connectivity index (χ0n) is 12.4. The number of nitrogens with zero attached hydrogens (tertiary/aromatic N) is 1. The maximum atomic E-state index is 12.1. The quantitative estimate of drug-likeness (QED) is 0.724. The van der Waals surface area contributed by atoms with Crippen molar-refractivity contribution in [3.8, 4) is 0 Å². The molecule has 22 heavy (non-hydrogen) atoms. The molecule has 0 saturated carbocycles. The lowest BCUT2D eigenvalue weighted by atomic mass is 10.1. The number of thiophene rings is 1. The second-order valence-corrected chi connectivity index (χ2v) is 6.22. The number of aromatic nitrogens is 1. The second kappa shape index (κ2) is 5.90. The molecule has 2 heterocycles. The van der Waals surface area contributed by atoms with Gasteiger partial charge < -0.3 is 15.8 Å². The monoisotopic (exact) mass is 315 g/mol. The number of hydrogen-bond donors (Lipinski definition) is 2. The van der Waals surface area contributed by atoms with E-state index in [0.29, 0.717) is 11.4 Å². The largest absolute Gasteiger partial charge is 0.465 e.